The fourth-order valence-corrected chi connectivity index (χ4v) is 3.46. The second-order valence-electron chi connectivity index (χ2n) is 5.48. The SMILES string of the molecule is CS(=O)(=O)c1cccnc1NC1CCN(C2CC2)C1. The lowest BCUT2D eigenvalue weighted by atomic mass is 10.2. The number of anilines is 1. The minimum atomic E-state index is -3.23. The molecule has 1 aliphatic heterocycles. The molecule has 1 aromatic rings. The summed E-state index contributed by atoms with van der Waals surface area (Å²) in [6.45, 7) is 2.09. The topological polar surface area (TPSA) is 62.3 Å². The third kappa shape index (κ3) is 2.90. The second-order valence-corrected chi connectivity index (χ2v) is 7.46. The standard InChI is InChI=1S/C13H19N3O2S/c1-19(17,18)12-3-2-7-14-13(12)15-10-6-8-16(9-10)11-4-5-11/h2-3,7,10-11H,4-6,8-9H2,1H3,(H,14,15). The Labute approximate surface area is 113 Å². The Hall–Kier alpha value is -1.14. The molecule has 0 aromatic carbocycles. The van der Waals surface area contributed by atoms with Gasteiger partial charge >= 0.3 is 0 Å². The van der Waals surface area contributed by atoms with Gasteiger partial charge in [-0.05, 0) is 31.4 Å². The number of rotatable bonds is 4. The normalized spacial score (nSPS) is 24.6. The van der Waals surface area contributed by atoms with Crippen LogP contribution in [-0.4, -0.2) is 49.7 Å². The molecule has 1 atom stereocenters. The molecule has 19 heavy (non-hydrogen) atoms. The molecule has 1 N–H and O–H groups in total. The van der Waals surface area contributed by atoms with Gasteiger partial charge in [0.05, 0.1) is 0 Å². The van der Waals surface area contributed by atoms with Crippen LogP contribution < -0.4 is 5.32 Å². The zero-order valence-electron chi connectivity index (χ0n) is 11.0. The Morgan fingerprint density at radius 1 is 1.37 bits per heavy atom. The summed E-state index contributed by atoms with van der Waals surface area (Å²) in [4.78, 5) is 6.96. The highest BCUT2D eigenvalue weighted by molar-refractivity contribution is 7.90. The number of hydrogen-bond acceptors (Lipinski definition) is 5. The van der Waals surface area contributed by atoms with Gasteiger partial charge in [0.1, 0.15) is 10.7 Å². The lowest BCUT2D eigenvalue weighted by molar-refractivity contribution is 0.326. The van der Waals surface area contributed by atoms with E-state index in [-0.39, 0.29) is 0 Å². The molecule has 2 heterocycles. The molecule has 3 rings (SSSR count). The molecule has 2 aliphatic rings. The molecule has 0 amide bonds. The zero-order chi connectivity index (χ0) is 13.5. The van der Waals surface area contributed by atoms with Crippen molar-refractivity contribution in [1.82, 2.24) is 9.88 Å². The van der Waals surface area contributed by atoms with E-state index in [1.165, 1.54) is 19.1 Å². The summed E-state index contributed by atoms with van der Waals surface area (Å²) in [5, 5.41) is 3.30. The Morgan fingerprint density at radius 2 is 2.16 bits per heavy atom. The van der Waals surface area contributed by atoms with Crippen LogP contribution >= 0.6 is 0 Å². The average molecular weight is 281 g/mol. The molecule has 1 aliphatic carbocycles. The highest BCUT2D eigenvalue weighted by Crippen LogP contribution is 2.31. The first-order valence-electron chi connectivity index (χ1n) is 6.70. The third-order valence-electron chi connectivity index (χ3n) is 3.79. The molecular weight excluding hydrogens is 262 g/mol. The van der Waals surface area contributed by atoms with Crippen LogP contribution in [-0.2, 0) is 9.84 Å². The van der Waals surface area contributed by atoms with Crippen molar-refractivity contribution >= 4 is 15.7 Å². The van der Waals surface area contributed by atoms with Gasteiger partial charge in [-0.15, -0.1) is 0 Å². The predicted molar refractivity (Wildman–Crippen MR) is 74.0 cm³/mol. The number of likely N-dealkylation sites (tertiary alicyclic amines) is 1. The van der Waals surface area contributed by atoms with E-state index in [1.807, 2.05) is 0 Å². The van der Waals surface area contributed by atoms with Crippen LogP contribution in [0.5, 0.6) is 0 Å². The monoisotopic (exact) mass is 281 g/mol. The zero-order valence-corrected chi connectivity index (χ0v) is 11.9. The summed E-state index contributed by atoms with van der Waals surface area (Å²) in [6, 6.07) is 4.34. The summed E-state index contributed by atoms with van der Waals surface area (Å²) < 4.78 is 23.4. The van der Waals surface area contributed by atoms with Gasteiger partial charge in [0, 0.05) is 37.6 Å². The van der Waals surface area contributed by atoms with Crippen LogP contribution in [0.1, 0.15) is 19.3 Å². The number of hydrogen-bond donors (Lipinski definition) is 1. The number of nitrogens with one attached hydrogen (secondary N) is 1. The second kappa shape index (κ2) is 4.76. The molecule has 1 saturated heterocycles. The first kappa shape index (κ1) is 12.9. The van der Waals surface area contributed by atoms with Crippen molar-refractivity contribution in [2.24, 2.45) is 0 Å². The smallest absolute Gasteiger partial charge is 0.179 e. The fourth-order valence-electron chi connectivity index (χ4n) is 2.67. The maximum absolute atomic E-state index is 11.7. The van der Waals surface area contributed by atoms with Crippen LogP contribution in [0.2, 0.25) is 0 Å². The van der Waals surface area contributed by atoms with Crippen molar-refractivity contribution in [3.8, 4) is 0 Å². The van der Waals surface area contributed by atoms with E-state index < -0.39 is 9.84 Å². The van der Waals surface area contributed by atoms with Gasteiger partial charge in [0.25, 0.3) is 0 Å². The minimum absolute atomic E-state index is 0.292. The molecule has 5 nitrogen and oxygen atoms in total. The fraction of sp³-hybridized carbons (Fsp3) is 0.615. The van der Waals surface area contributed by atoms with Crippen molar-refractivity contribution in [3.63, 3.8) is 0 Å². The Bertz CT molecular complexity index is 569. The van der Waals surface area contributed by atoms with Crippen LogP contribution in [0.15, 0.2) is 23.2 Å². The number of pyridine rings is 1. The van der Waals surface area contributed by atoms with E-state index >= 15 is 0 Å². The highest BCUT2D eigenvalue weighted by atomic mass is 32.2. The lowest BCUT2D eigenvalue weighted by Crippen LogP contribution is -2.28. The molecule has 6 heteroatoms. The summed E-state index contributed by atoms with van der Waals surface area (Å²) in [5.41, 5.74) is 0. The largest absolute Gasteiger partial charge is 0.365 e. The van der Waals surface area contributed by atoms with Crippen molar-refractivity contribution in [1.29, 1.82) is 0 Å². The highest BCUT2D eigenvalue weighted by Gasteiger charge is 2.34. The van der Waals surface area contributed by atoms with E-state index in [4.69, 9.17) is 0 Å². The van der Waals surface area contributed by atoms with Gasteiger partial charge in [-0.3, -0.25) is 4.90 Å². The molecule has 1 saturated carbocycles. The Morgan fingerprint density at radius 3 is 2.84 bits per heavy atom. The summed E-state index contributed by atoms with van der Waals surface area (Å²) in [7, 11) is -3.23. The number of aromatic nitrogens is 1. The summed E-state index contributed by atoms with van der Waals surface area (Å²) in [5.74, 6) is 0.493. The van der Waals surface area contributed by atoms with Gasteiger partial charge < -0.3 is 5.32 Å². The average Bonchev–Trinajstić information content (AvgIpc) is 3.10. The maximum Gasteiger partial charge on any atom is 0.179 e. The molecule has 0 radical (unpaired) electrons. The third-order valence-corrected chi connectivity index (χ3v) is 4.92. The maximum atomic E-state index is 11.7. The van der Waals surface area contributed by atoms with Gasteiger partial charge in [0.15, 0.2) is 9.84 Å². The van der Waals surface area contributed by atoms with E-state index in [1.54, 1.807) is 18.3 Å². The van der Waals surface area contributed by atoms with Crippen molar-refractivity contribution in [2.45, 2.75) is 36.2 Å². The first-order valence-corrected chi connectivity index (χ1v) is 8.59. The van der Waals surface area contributed by atoms with Crippen molar-refractivity contribution in [3.05, 3.63) is 18.3 Å². The van der Waals surface area contributed by atoms with E-state index in [0.717, 1.165) is 25.6 Å². The number of sulfone groups is 1. The van der Waals surface area contributed by atoms with E-state index in [0.29, 0.717) is 16.8 Å². The van der Waals surface area contributed by atoms with Crippen LogP contribution in [0.3, 0.4) is 0 Å². The Balaban J connectivity index is 1.73. The van der Waals surface area contributed by atoms with Crippen molar-refractivity contribution < 1.29 is 8.42 Å². The molecule has 0 bridgehead atoms. The summed E-state index contributed by atoms with van der Waals surface area (Å²) >= 11 is 0. The molecule has 2 fully saturated rings. The van der Waals surface area contributed by atoms with Gasteiger partial charge in [-0.25, -0.2) is 13.4 Å². The molecule has 1 unspecified atom stereocenters. The van der Waals surface area contributed by atoms with Gasteiger partial charge in [-0.2, -0.15) is 0 Å². The van der Waals surface area contributed by atoms with E-state index in [2.05, 4.69) is 15.2 Å². The molecule has 1 aromatic heterocycles. The predicted octanol–water partition coefficient (Wildman–Crippen LogP) is 1.13. The van der Waals surface area contributed by atoms with Gasteiger partial charge in [0.2, 0.25) is 0 Å². The number of nitrogens with zero attached hydrogens (tertiary/aromatic N) is 2. The van der Waals surface area contributed by atoms with Crippen LogP contribution in [0, 0.1) is 0 Å². The van der Waals surface area contributed by atoms with Crippen LogP contribution in [0.4, 0.5) is 5.82 Å². The van der Waals surface area contributed by atoms with Crippen molar-refractivity contribution in [2.75, 3.05) is 24.7 Å². The van der Waals surface area contributed by atoms with Gasteiger partial charge in [-0.1, -0.05) is 0 Å². The quantitative estimate of drug-likeness (QED) is 0.896. The lowest BCUT2D eigenvalue weighted by Gasteiger charge is -2.17. The summed E-state index contributed by atoms with van der Waals surface area (Å²) in [6.07, 6.45) is 6.52. The minimum Gasteiger partial charge on any atom is -0.365 e. The Kier molecular flexibility index (Phi) is 3.22. The van der Waals surface area contributed by atoms with Crippen LogP contribution in [0.25, 0.3) is 0 Å². The first-order chi connectivity index (χ1) is 9.04. The molecule has 0 spiro atoms. The molecule has 104 valence electrons. The molecular formula is C13H19N3O2S. The van der Waals surface area contributed by atoms with E-state index in [9.17, 15) is 8.42 Å².